The van der Waals surface area contributed by atoms with Crippen molar-refractivity contribution in [3.05, 3.63) is 29.8 Å². The SMILES string of the molecule is CCN1CCN(CC(O)COc2ccc(C(C)C)cc2)CC1.[Cl-].[Cl-]. The van der Waals surface area contributed by atoms with Gasteiger partial charge >= 0.3 is 0 Å². The number of aliphatic hydroxyl groups excluding tert-OH is 1. The van der Waals surface area contributed by atoms with E-state index in [-0.39, 0.29) is 24.8 Å². The minimum Gasteiger partial charge on any atom is -1.00 e. The highest BCUT2D eigenvalue weighted by atomic mass is 35.5. The first-order valence-corrected chi connectivity index (χ1v) is 8.44. The van der Waals surface area contributed by atoms with E-state index < -0.39 is 6.10 Å². The molecule has 1 aromatic rings. The molecule has 1 aliphatic rings. The summed E-state index contributed by atoms with van der Waals surface area (Å²) < 4.78 is 5.70. The molecule has 4 nitrogen and oxygen atoms in total. The molecule has 6 heteroatoms. The van der Waals surface area contributed by atoms with E-state index >= 15 is 0 Å². The zero-order chi connectivity index (χ0) is 15.9. The van der Waals surface area contributed by atoms with Gasteiger partial charge in [0.05, 0.1) is 0 Å². The molecule has 0 amide bonds. The highest BCUT2D eigenvalue weighted by Gasteiger charge is 2.18. The lowest BCUT2D eigenvalue weighted by Crippen LogP contribution is -3.00. The molecule has 1 N–H and O–H groups in total. The van der Waals surface area contributed by atoms with Crippen LogP contribution in [0.4, 0.5) is 0 Å². The summed E-state index contributed by atoms with van der Waals surface area (Å²) in [4.78, 5) is 4.76. The highest BCUT2D eigenvalue weighted by molar-refractivity contribution is 5.28. The number of piperazine rings is 1. The minimum atomic E-state index is -0.432. The fraction of sp³-hybridized carbons (Fsp3) is 0.667. The van der Waals surface area contributed by atoms with Crippen LogP contribution >= 0.6 is 0 Å². The third kappa shape index (κ3) is 7.58. The van der Waals surface area contributed by atoms with Crippen LogP contribution in [0, 0.1) is 0 Å². The van der Waals surface area contributed by atoms with Crippen molar-refractivity contribution < 1.29 is 34.7 Å². The van der Waals surface area contributed by atoms with E-state index in [0.717, 1.165) is 38.5 Å². The van der Waals surface area contributed by atoms with E-state index in [0.29, 0.717) is 19.1 Å². The Morgan fingerprint density at radius 3 is 2.04 bits per heavy atom. The van der Waals surface area contributed by atoms with Crippen LogP contribution in [0.5, 0.6) is 5.75 Å². The second kappa shape index (κ2) is 11.9. The van der Waals surface area contributed by atoms with Crippen LogP contribution in [0.2, 0.25) is 0 Å². The van der Waals surface area contributed by atoms with Gasteiger partial charge in [0.2, 0.25) is 0 Å². The van der Waals surface area contributed by atoms with Crippen molar-refractivity contribution in [3.63, 3.8) is 0 Å². The van der Waals surface area contributed by atoms with E-state index in [1.807, 2.05) is 12.1 Å². The fourth-order valence-corrected chi connectivity index (χ4v) is 2.78. The average Bonchev–Trinajstić information content (AvgIpc) is 2.54. The number of aliphatic hydroxyl groups is 1. The molecule has 0 spiro atoms. The predicted molar refractivity (Wildman–Crippen MR) is 90.6 cm³/mol. The summed E-state index contributed by atoms with van der Waals surface area (Å²) in [5, 5.41) is 10.1. The van der Waals surface area contributed by atoms with Crippen LogP contribution < -0.4 is 29.6 Å². The van der Waals surface area contributed by atoms with Gasteiger partial charge in [-0.1, -0.05) is 32.9 Å². The van der Waals surface area contributed by atoms with Gasteiger partial charge in [-0.25, -0.2) is 0 Å². The number of halogens is 2. The molecule has 1 aromatic carbocycles. The average molecular weight is 377 g/mol. The molecule has 1 atom stereocenters. The Morgan fingerprint density at radius 2 is 1.54 bits per heavy atom. The number of hydrogen-bond acceptors (Lipinski definition) is 4. The number of nitrogens with zero attached hydrogens (tertiary/aromatic N) is 2. The molecule has 24 heavy (non-hydrogen) atoms. The van der Waals surface area contributed by atoms with Crippen molar-refractivity contribution in [1.82, 2.24) is 9.80 Å². The largest absolute Gasteiger partial charge is 1.00 e. The molecule has 140 valence electrons. The second-order valence-corrected chi connectivity index (χ2v) is 6.42. The van der Waals surface area contributed by atoms with Crippen molar-refractivity contribution in [2.75, 3.05) is 45.9 Å². The molecule has 2 rings (SSSR count). The molecule has 0 radical (unpaired) electrons. The number of β-amino-alcohol motifs (C(OH)–C–C–N with tert-alkyl or cyclic N) is 1. The van der Waals surface area contributed by atoms with Crippen molar-refractivity contribution in [1.29, 1.82) is 0 Å². The molecule has 0 saturated carbocycles. The summed E-state index contributed by atoms with van der Waals surface area (Å²) in [5.41, 5.74) is 1.31. The van der Waals surface area contributed by atoms with Crippen LogP contribution in [0.3, 0.4) is 0 Å². The molecule has 1 unspecified atom stereocenters. The Kier molecular flexibility index (Phi) is 11.7. The topological polar surface area (TPSA) is 35.9 Å². The Morgan fingerprint density at radius 1 is 1.00 bits per heavy atom. The van der Waals surface area contributed by atoms with E-state index in [4.69, 9.17) is 4.74 Å². The monoisotopic (exact) mass is 376 g/mol. The summed E-state index contributed by atoms with van der Waals surface area (Å²) in [6.07, 6.45) is -0.432. The lowest BCUT2D eigenvalue weighted by atomic mass is 10.0. The molecule has 0 aromatic heterocycles. The fourth-order valence-electron chi connectivity index (χ4n) is 2.78. The summed E-state index contributed by atoms with van der Waals surface area (Å²) >= 11 is 0. The quantitative estimate of drug-likeness (QED) is 0.529. The molecule has 1 fully saturated rings. The molecular formula is C18H30Cl2N2O2-2. The van der Waals surface area contributed by atoms with Crippen molar-refractivity contribution in [2.45, 2.75) is 32.8 Å². The number of likely N-dealkylation sites (N-methyl/N-ethyl adjacent to an activating group) is 1. The first kappa shape index (κ1) is 23.5. The number of rotatable bonds is 7. The third-order valence-corrected chi connectivity index (χ3v) is 4.37. The smallest absolute Gasteiger partial charge is 0.119 e. The van der Waals surface area contributed by atoms with Gasteiger partial charge in [0.1, 0.15) is 18.5 Å². The highest BCUT2D eigenvalue weighted by Crippen LogP contribution is 2.18. The maximum Gasteiger partial charge on any atom is 0.119 e. The maximum absolute atomic E-state index is 10.1. The molecule has 0 bridgehead atoms. The van der Waals surface area contributed by atoms with Crippen LogP contribution in [0.1, 0.15) is 32.3 Å². The predicted octanol–water partition coefficient (Wildman–Crippen LogP) is -3.80. The third-order valence-electron chi connectivity index (χ3n) is 4.37. The van der Waals surface area contributed by atoms with Crippen LogP contribution in [0.25, 0.3) is 0 Å². The maximum atomic E-state index is 10.1. The summed E-state index contributed by atoms with van der Waals surface area (Å²) in [6.45, 7) is 13.0. The zero-order valence-electron chi connectivity index (χ0n) is 14.9. The van der Waals surface area contributed by atoms with Gasteiger partial charge in [0.25, 0.3) is 0 Å². The van der Waals surface area contributed by atoms with Crippen LogP contribution in [-0.2, 0) is 0 Å². The van der Waals surface area contributed by atoms with E-state index in [2.05, 4.69) is 42.7 Å². The lowest BCUT2D eigenvalue weighted by molar-refractivity contribution is -0.00100. The Balaban J connectivity index is 0.00000264. The summed E-state index contributed by atoms with van der Waals surface area (Å²) in [7, 11) is 0. The van der Waals surface area contributed by atoms with Crippen molar-refractivity contribution in [3.8, 4) is 5.75 Å². The summed E-state index contributed by atoms with van der Waals surface area (Å²) in [5.74, 6) is 1.36. The number of ether oxygens (including phenoxy) is 1. The van der Waals surface area contributed by atoms with Gasteiger partial charge in [-0.15, -0.1) is 0 Å². The van der Waals surface area contributed by atoms with Gasteiger partial charge in [-0.05, 0) is 30.2 Å². The molecular weight excluding hydrogens is 347 g/mol. The van der Waals surface area contributed by atoms with Gasteiger partial charge in [0, 0.05) is 32.7 Å². The van der Waals surface area contributed by atoms with Crippen LogP contribution in [0.15, 0.2) is 24.3 Å². The molecule has 0 aliphatic carbocycles. The first-order chi connectivity index (χ1) is 10.6. The Labute approximate surface area is 159 Å². The first-order valence-electron chi connectivity index (χ1n) is 8.44. The molecule has 1 aliphatic heterocycles. The van der Waals surface area contributed by atoms with Crippen molar-refractivity contribution in [2.24, 2.45) is 0 Å². The van der Waals surface area contributed by atoms with Gasteiger partial charge in [-0.3, -0.25) is 4.90 Å². The van der Waals surface area contributed by atoms with E-state index in [1.165, 1.54) is 5.56 Å². The zero-order valence-corrected chi connectivity index (χ0v) is 16.4. The second-order valence-electron chi connectivity index (χ2n) is 6.42. The van der Waals surface area contributed by atoms with Crippen molar-refractivity contribution >= 4 is 0 Å². The molecule has 1 heterocycles. The normalized spacial score (nSPS) is 17.0. The summed E-state index contributed by atoms with van der Waals surface area (Å²) in [6, 6.07) is 8.16. The number of hydrogen-bond donors (Lipinski definition) is 1. The minimum absolute atomic E-state index is 0. The Bertz CT molecular complexity index is 435. The Hall–Kier alpha value is -0.520. The van der Waals surface area contributed by atoms with Crippen LogP contribution in [-0.4, -0.2) is 66.9 Å². The standard InChI is InChI=1S/C18H30N2O2.2ClH/c1-4-19-9-11-20(12-10-19)13-17(21)14-22-18-7-5-16(6-8-18)15(2)3;;/h5-8,15,17,21H,4,9-14H2,1-3H3;2*1H/p-2. The van der Waals surface area contributed by atoms with E-state index in [9.17, 15) is 5.11 Å². The lowest BCUT2D eigenvalue weighted by Gasteiger charge is -2.34. The van der Waals surface area contributed by atoms with Gasteiger partial charge < -0.3 is 39.6 Å². The molecule has 1 saturated heterocycles. The van der Waals surface area contributed by atoms with Gasteiger partial charge in [-0.2, -0.15) is 0 Å². The van der Waals surface area contributed by atoms with E-state index in [1.54, 1.807) is 0 Å². The van der Waals surface area contributed by atoms with Gasteiger partial charge in [0.15, 0.2) is 0 Å². The number of benzene rings is 1.